The van der Waals surface area contributed by atoms with Gasteiger partial charge in [0.2, 0.25) is 5.91 Å². The molecular formula is C12H15NO4. The van der Waals surface area contributed by atoms with E-state index in [9.17, 15) is 9.59 Å². The summed E-state index contributed by atoms with van der Waals surface area (Å²) in [5, 5.41) is 11.4. The molecule has 0 spiro atoms. The number of carboxylic acid groups (broad SMARTS) is 1. The van der Waals surface area contributed by atoms with Crippen LogP contribution in [0.1, 0.15) is 32.6 Å². The largest absolute Gasteiger partial charge is 0.478 e. The van der Waals surface area contributed by atoms with Crippen molar-refractivity contribution in [1.29, 1.82) is 0 Å². The number of nitrogens with one attached hydrogen (secondary N) is 1. The molecule has 1 heterocycles. The van der Waals surface area contributed by atoms with E-state index in [1.54, 1.807) is 19.1 Å². The molecule has 0 aromatic carbocycles. The monoisotopic (exact) mass is 237 g/mol. The van der Waals surface area contributed by atoms with E-state index in [2.05, 4.69) is 5.32 Å². The van der Waals surface area contributed by atoms with Crippen LogP contribution in [0.5, 0.6) is 0 Å². The molecule has 5 nitrogen and oxygen atoms in total. The molecule has 0 saturated heterocycles. The number of furan rings is 1. The number of rotatable bonds is 4. The minimum absolute atomic E-state index is 0.0362. The van der Waals surface area contributed by atoms with Gasteiger partial charge in [-0.2, -0.15) is 0 Å². The molecule has 0 bridgehead atoms. The molecule has 0 radical (unpaired) electrons. The standard InChI is InChI=1S/C12H15NO4/c1-7(8(2)12(15)16)11(14)13-9(3)10-5-4-6-17-10/h4-6,9H,1-3H3,(H,13,14)(H,15,16). The van der Waals surface area contributed by atoms with E-state index in [1.165, 1.54) is 20.1 Å². The Bertz CT molecular complexity index is 445. The highest BCUT2D eigenvalue weighted by atomic mass is 16.4. The number of aliphatic carboxylic acids is 1. The highest BCUT2D eigenvalue weighted by Gasteiger charge is 2.16. The van der Waals surface area contributed by atoms with Gasteiger partial charge < -0.3 is 14.8 Å². The Morgan fingerprint density at radius 3 is 2.47 bits per heavy atom. The van der Waals surface area contributed by atoms with Gasteiger partial charge in [-0.1, -0.05) is 0 Å². The van der Waals surface area contributed by atoms with Crippen LogP contribution in [0.2, 0.25) is 0 Å². The molecule has 2 N–H and O–H groups in total. The zero-order valence-corrected chi connectivity index (χ0v) is 9.98. The first kappa shape index (κ1) is 13.0. The molecule has 0 saturated carbocycles. The molecule has 1 unspecified atom stereocenters. The van der Waals surface area contributed by atoms with E-state index >= 15 is 0 Å². The second kappa shape index (κ2) is 5.34. The number of carboxylic acids is 1. The predicted octanol–water partition coefficient (Wildman–Crippen LogP) is 1.88. The molecule has 1 atom stereocenters. The van der Waals surface area contributed by atoms with E-state index in [4.69, 9.17) is 9.52 Å². The summed E-state index contributed by atoms with van der Waals surface area (Å²) >= 11 is 0. The predicted molar refractivity (Wildman–Crippen MR) is 61.3 cm³/mol. The lowest BCUT2D eigenvalue weighted by molar-refractivity contribution is -0.133. The zero-order chi connectivity index (χ0) is 13.0. The quantitative estimate of drug-likeness (QED) is 0.783. The van der Waals surface area contributed by atoms with Gasteiger partial charge >= 0.3 is 5.97 Å². The average molecular weight is 237 g/mol. The third-order valence-electron chi connectivity index (χ3n) is 2.54. The molecule has 0 fully saturated rings. The third-order valence-corrected chi connectivity index (χ3v) is 2.54. The molecule has 0 aliphatic rings. The SMILES string of the molecule is CC(C(=O)O)=C(C)C(=O)NC(C)c1ccco1. The average Bonchev–Trinajstić information content (AvgIpc) is 2.80. The second-order valence-electron chi connectivity index (χ2n) is 3.77. The molecule has 1 aromatic heterocycles. The van der Waals surface area contributed by atoms with E-state index < -0.39 is 11.9 Å². The molecule has 92 valence electrons. The molecule has 1 aromatic rings. The van der Waals surface area contributed by atoms with Crippen LogP contribution in [-0.2, 0) is 9.59 Å². The van der Waals surface area contributed by atoms with Gasteiger partial charge in [-0.25, -0.2) is 4.79 Å². The molecule has 0 aliphatic heterocycles. The van der Waals surface area contributed by atoms with Crippen LogP contribution in [0.4, 0.5) is 0 Å². The number of amides is 1. The highest BCUT2D eigenvalue weighted by Crippen LogP contribution is 2.13. The maximum absolute atomic E-state index is 11.7. The summed E-state index contributed by atoms with van der Waals surface area (Å²) in [5.41, 5.74) is 0.227. The lowest BCUT2D eigenvalue weighted by atomic mass is 10.1. The van der Waals surface area contributed by atoms with E-state index in [1.807, 2.05) is 0 Å². The van der Waals surface area contributed by atoms with Gasteiger partial charge in [0.05, 0.1) is 12.3 Å². The Hall–Kier alpha value is -2.04. The van der Waals surface area contributed by atoms with Crippen molar-refractivity contribution in [2.24, 2.45) is 0 Å². The summed E-state index contributed by atoms with van der Waals surface area (Å²) in [6, 6.07) is 3.17. The van der Waals surface area contributed by atoms with Crippen molar-refractivity contribution in [2.75, 3.05) is 0 Å². The van der Waals surface area contributed by atoms with Gasteiger partial charge in [-0.15, -0.1) is 0 Å². The normalized spacial score (nSPS) is 13.8. The van der Waals surface area contributed by atoms with Crippen molar-refractivity contribution in [1.82, 2.24) is 5.32 Å². The number of carbonyl (C=O) groups is 2. The highest BCUT2D eigenvalue weighted by molar-refractivity contribution is 6.01. The summed E-state index contributed by atoms with van der Waals surface area (Å²) in [4.78, 5) is 22.4. The van der Waals surface area contributed by atoms with E-state index in [0.717, 1.165) is 0 Å². The first-order chi connectivity index (χ1) is 7.93. The van der Waals surface area contributed by atoms with Crippen LogP contribution in [-0.4, -0.2) is 17.0 Å². The van der Waals surface area contributed by atoms with E-state index in [-0.39, 0.29) is 17.2 Å². The fourth-order valence-corrected chi connectivity index (χ4v) is 1.24. The van der Waals surface area contributed by atoms with Gasteiger partial charge in [0.25, 0.3) is 0 Å². The summed E-state index contributed by atoms with van der Waals surface area (Å²) in [6.07, 6.45) is 1.52. The van der Waals surface area contributed by atoms with Crippen molar-refractivity contribution in [3.8, 4) is 0 Å². The van der Waals surface area contributed by atoms with Crippen molar-refractivity contribution in [3.63, 3.8) is 0 Å². The fourth-order valence-electron chi connectivity index (χ4n) is 1.24. The first-order valence-electron chi connectivity index (χ1n) is 5.18. The smallest absolute Gasteiger partial charge is 0.331 e. The van der Waals surface area contributed by atoms with Crippen LogP contribution in [0.15, 0.2) is 34.0 Å². The summed E-state index contributed by atoms with van der Waals surface area (Å²) in [6.45, 7) is 4.64. The van der Waals surface area contributed by atoms with Crippen LogP contribution < -0.4 is 5.32 Å². The summed E-state index contributed by atoms with van der Waals surface area (Å²) < 4.78 is 5.14. The summed E-state index contributed by atoms with van der Waals surface area (Å²) in [7, 11) is 0. The van der Waals surface area contributed by atoms with Crippen LogP contribution >= 0.6 is 0 Å². The minimum Gasteiger partial charge on any atom is -0.478 e. The lowest BCUT2D eigenvalue weighted by Gasteiger charge is -2.12. The van der Waals surface area contributed by atoms with Crippen LogP contribution in [0.25, 0.3) is 0 Å². The Morgan fingerprint density at radius 2 is 2.00 bits per heavy atom. The number of hydrogen-bond acceptors (Lipinski definition) is 3. The van der Waals surface area contributed by atoms with Crippen LogP contribution in [0, 0.1) is 0 Å². The molecule has 1 amide bonds. The summed E-state index contributed by atoms with van der Waals surface area (Å²) in [5.74, 6) is -0.878. The Balaban J connectivity index is 2.74. The Labute approximate surface area is 99.1 Å². The van der Waals surface area contributed by atoms with Crippen molar-refractivity contribution >= 4 is 11.9 Å². The van der Waals surface area contributed by atoms with Crippen molar-refractivity contribution < 1.29 is 19.1 Å². The maximum Gasteiger partial charge on any atom is 0.331 e. The number of carbonyl (C=O) groups excluding carboxylic acids is 1. The molecular weight excluding hydrogens is 222 g/mol. The van der Waals surface area contributed by atoms with Gasteiger partial charge in [0.1, 0.15) is 5.76 Å². The lowest BCUT2D eigenvalue weighted by Crippen LogP contribution is -2.28. The molecule has 0 aliphatic carbocycles. The second-order valence-corrected chi connectivity index (χ2v) is 3.77. The molecule has 17 heavy (non-hydrogen) atoms. The van der Waals surface area contributed by atoms with Crippen molar-refractivity contribution in [3.05, 3.63) is 35.3 Å². The van der Waals surface area contributed by atoms with Gasteiger partial charge in [0, 0.05) is 11.1 Å². The Kier molecular flexibility index (Phi) is 4.09. The third kappa shape index (κ3) is 3.21. The minimum atomic E-state index is -1.09. The topological polar surface area (TPSA) is 79.5 Å². The molecule has 1 rings (SSSR count). The zero-order valence-electron chi connectivity index (χ0n) is 9.98. The van der Waals surface area contributed by atoms with Crippen molar-refractivity contribution in [2.45, 2.75) is 26.8 Å². The van der Waals surface area contributed by atoms with Gasteiger partial charge in [0.15, 0.2) is 0 Å². The van der Waals surface area contributed by atoms with Gasteiger partial charge in [-0.05, 0) is 32.9 Å². The maximum atomic E-state index is 11.7. The van der Waals surface area contributed by atoms with Gasteiger partial charge in [-0.3, -0.25) is 4.79 Å². The van der Waals surface area contributed by atoms with Crippen LogP contribution in [0.3, 0.4) is 0 Å². The molecule has 5 heteroatoms. The fraction of sp³-hybridized carbons (Fsp3) is 0.333. The first-order valence-corrected chi connectivity index (χ1v) is 5.18. The number of hydrogen-bond donors (Lipinski definition) is 2. The van der Waals surface area contributed by atoms with E-state index in [0.29, 0.717) is 5.76 Å². The Morgan fingerprint density at radius 1 is 1.35 bits per heavy atom.